The molecular formula is C11H8BrClO2. The van der Waals surface area contributed by atoms with Crippen LogP contribution in [0.15, 0.2) is 31.9 Å². The van der Waals surface area contributed by atoms with Crippen molar-refractivity contribution in [3.8, 4) is 0 Å². The van der Waals surface area contributed by atoms with Crippen molar-refractivity contribution >= 4 is 38.5 Å². The molecule has 1 aromatic heterocycles. The number of alkyl halides is 1. The van der Waals surface area contributed by atoms with Crippen LogP contribution in [0.4, 0.5) is 0 Å². The van der Waals surface area contributed by atoms with Crippen LogP contribution in [0.1, 0.15) is 11.3 Å². The molecule has 0 aliphatic carbocycles. The predicted octanol–water partition coefficient (Wildman–Crippen LogP) is 3.60. The maximum Gasteiger partial charge on any atom is 0.197 e. The van der Waals surface area contributed by atoms with Gasteiger partial charge in [-0.2, -0.15) is 0 Å². The van der Waals surface area contributed by atoms with Gasteiger partial charge in [0.2, 0.25) is 0 Å². The van der Waals surface area contributed by atoms with Crippen molar-refractivity contribution in [2.45, 2.75) is 12.8 Å². The predicted molar refractivity (Wildman–Crippen MR) is 64.5 cm³/mol. The first-order valence-electron chi connectivity index (χ1n) is 4.41. The van der Waals surface area contributed by atoms with Gasteiger partial charge in [0.25, 0.3) is 0 Å². The van der Waals surface area contributed by atoms with Gasteiger partial charge in [0, 0.05) is 4.47 Å². The molecule has 0 bridgehead atoms. The molecule has 15 heavy (non-hydrogen) atoms. The van der Waals surface area contributed by atoms with E-state index in [2.05, 4.69) is 15.9 Å². The van der Waals surface area contributed by atoms with Crippen LogP contribution in [0.3, 0.4) is 0 Å². The lowest BCUT2D eigenvalue weighted by atomic mass is 10.1. The molecule has 1 aromatic carbocycles. The number of halogens is 2. The highest BCUT2D eigenvalue weighted by molar-refractivity contribution is 9.10. The SMILES string of the molecule is Cc1oc2cc(Br)ccc2c(=O)c1CCl. The number of benzene rings is 1. The highest BCUT2D eigenvalue weighted by Gasteiger charge is 2.10. The first-order chi connectivity index (χ1) is 7.13. The Bertz CT molecular complexity index is 575. The summed E-state index contributed by atoms with van der Waals surface area (Å²) in [6.07, 6.45) is 0. The van der Waals surface area contributed by atoms with Gasteiger partial charge in [0.15, 0.2) is 5.43 Å². The molecule has 1 heterocycles. The monoisotopic (exact) mass is 286 g/mol. The molecule has 0 unspecified atom stereocenters. The average molecular weight is 288 g/mol. The zero-order valence-electron chi connectivity index (χ0n) is 8.01. The van der Waals surface area contributed by atoms with E-state index in [4.69, 9.17) is 16.0 Å². The summed E-state index contributed by atoms with van der Waals surface area (Å²) in [5.74, 6) is 0.765. The highest BCUT2D eigenvalue weighted by atomic mass is 79.9. The molecular weight excluding hydrogens is 279 g/mol. The third-order valence-electron chi connectivity index (χ3n) is 2.28. The van der Waals surface area contributed by atoms with Crippen molar-refractivity contribution in [1.29, 1.82) is 0 Å². The summed E-state index contributed by atoms with van der Waals surface area (Å²) in [6.45, 7) is 1.75. The van der Waals surface area contributed by atoms with E-state index in [1.807, 2.05) is 6.07 Å². The number of fused-ring (bicyclic) bond motifs is 1. The average Bonchev–Trinajstić information content (AvgIpc) is 2.17. The van der Waals surface area contributed by atoms with Crippen LogP contribution in [0.25, 0.3) is 11.0 Å². The quantitative estimate of drug-likeness (QED) is 0.750. The summed E-state index contributed by atoms with van der Waals surface area (Å²) in [4.78, 5) is 11.9. The van der Waals surface area contributed by atoms with Crippen molar-refractivity contribution in [3.63, 3.8) is 0 Å². The van der Waals surface area contributed by atoms with Crippen LogP contribution in [-0.2, 0) is 5.88 Å². The normalized spacial score (nSPS) is 10.9. The number of hydrogen-bond acceptors (Lipinski definition) is 2. The number of hydrogen-bond donors (Lipinski definition) is 0. The van der Waals surface area contributed by atoms with Gasteiger partial charge in [0.1, 0.15) is 11.3 Å². The summed E-state index contributed by atoms with van der Waals surface area (Å²) in [7, 11) is 0. The lowest BCUT2D eigenvalue weighted by Crippen LogP contribution is -2.09. The molecule has 0 fully saturated rings. The van der Waals surface area contributed by atoms with Crippen molar-refractivity contribution in [2.24, 2.45) is 0 Å². The molecule has 0 aliphatic heterocycles. The lowest BCUT2D eigenvalue weighted by molar-refractivity contribution is 0.557. The smallest absolute Gasteiger partial charge is 0.197 e. The molecule has 0 saturated carbocycles. The van der Waals surface area contributed by atoms with Crippen LogP contribution in [0.2, 0.25) is 0 Å². The summed E-state index contributed by atoms with van der Waals surface area (Å²) >= 11 is 9.03. The summed E-state index contributed by atoms with van der Waals surface area (Å²) in [5, 5.41) is 0.569. The Kier molecular flexibility index (Phi) is 2.85. The first-order valence-corrected chi connectivity index (χ1v) is 5.74. The molecule has 2 aromatic rings. The molecule has 2 nitrogen and oxygen atoms in total. The zero-order valence-corrected chi connectivity index (χ0v) is 10.4. The Hall–Kier alpha value is -0.800. The molecule has 0 amide bonds. The summed E-state index contributed by atoms with van der Waals surface area (Å²) in [6, 6.07) is 5.33. The molecule has 4 heteroatoms. The summed E-state index contributed by atoms with van der Waals surface area (Å²) < 4.78 is 6.42. The summed E-state index contributed by atoms with van der Waals surface area (Å²) in [5.41, 5.74) is 1.07. The van der Waals surface area contributed by atoms with E-state index >= 15 is 0 Å². The molecule has 78 valence electrons. The second-order valence-electron chi connectivity index (χ2n) is 3.24. The minimum absolute atomic E-state index is 0.0451. The van der Waals surface area contributed by atoms with Gasteiger partial charge in [-0.15, -0.1) is 11.6 Å². The van der Waals surface area contributed by atoms with Crippen LogP contribution in [-0.4, -0.2) is 0 Å². The largest absolute Gasteiger partial charge is 0.461 e. The maximum atomic E-state index is 11.9. The second kappa shape index (κ2) is 3.99. The Morgan fingerprint density at radius 1 is 1.47 bits per heavy atom. The van der Waals surface area contributed by atoms with Gasteiger partial charge in [-0.1, -0.05) is 15.9 Å². The fraction of sp³-hybridized carbons (Fsp3) is 0.182. The molecule has 0 saturated heterocycles. The van der Waals surface area contributed by atoms with Crippen molar-refractivity contribution in [2.75, 3.05) is 0 Å². The fourth-order valence-corrected chi connectivity index (χ4v) is 2.12. The third kappa shape index (κ3) is 1.82. The molecule has 0 spiro atoms. The topological polar surface area (TPSA) is 30.2 Å². The lowest BCUT2D eigenvalue weighted by Gasteiger charge is -2.03. The highest BCUT2D eigenvalue weighted by Crippen LogP contribution is 2.20. The maximum absolute atomic E-state index is 11.9. The van der Waals surface area contributed by atoms with E-state index in [0.29, 0.717) is 22.3 Å². The van der Waals surface area contributed by atoms with Crippen LogP contribution in [0, 0.1) is 6.92 Å². The molecule has 0 radical (unpaired) electrons. The van der Waals surface area contributed by atoms with Gasteiger partial charge in [-0.25, -0.2) is 0 Å². The van der Waals surface area contributed by atoms with Crippen LogP contribution < -0.4 is 5.43 Å². The number of aryl methyl sites for hydroxylation is 1. The van der Waals surface area contributed by atoms with E-state index in [0.717, 1.165) is 4.47 Å². The molecule has 0 N–H and O–H groups in total. The molecule has 0 aliphatic rings. The zero-order chi connectivity index (χ0) is 11.0. The Morgan fingerprint density at radius 2 is 2.20 bits per heavy atom. The van der Waals surface area contributed by atoms with Crippen molar-refractivity contribution < 1.29 is 4.42 Å². The third-order valence-corrected chi connectivity index (χ3v) is 3.04. The Balaban J connectivity index is 2.91. The molecule has 2 rings (SSSR count). The van der Waals surface area contributed by atoms with Gasteiger partial charge in [-0.3, -0.25) is 4.79 Å². The van der Waals surface area contributed by atoms with Crippen molar-refractivity contribution in [1.82, 2.24) is 0 Å². The Labute approximate surface area is 100.0 Å². The minimum Gasteiger partial charge on any atom is -0.461 e. The minimum atomic E-state index is -0.0451. The fourth-order valence-electron chi connectivity index (χ4n) is 1.47. The number of rotatable bonds is 1. The molecule has 0 atom stereocenters. The Morgan fingerprint density at radius 3 is 2.87 bits per heavy atom. The first kappa shape index (κ1) is 10.7. The van der Waals surface area contributed by atoms with Gasteiger partial charge in [-0.05, 0) is 25.1 Å². The van der Waals surface area contributed by atoms with E-state index in [-0.39, 0.29) is 11.3 Å². The van der Waals surface area contributed by atoms with E-state index in [1.54, 1.807) is 19.1 Å². The van der Waals surface area contributed by atoms with E-state index in [9.17, 15) is 4.79 Å². The van der Waals surface area contributed by atoms with Gasteiger partial charge >= 0.3 is 0 Å². The van der Waals surface area contributed by atoms with Crippen molar-refractivity contribution in [3.05, 3.63) is 44.2 Å². The van der Waals surface area contributed by atoms with Gasteiger partial charge in [0.05, 0.1) is 16.8 Å². The standard InChI is InChI=1S/C11H8BrClO2/c1-6-9(5-13)11(14)8-3-2-7(12)4-10(8)15-6/h2-4H,5H2,1H3. The van der Waals surface area contributed by atoms with E-state index < -0.39 is 0 Å². The van der Waals surface area contributed by atoms with Crippen LogP contribution in [0.5, 0.6) is 0 Å². The van der Waals surface area contributed by atoms with Gasteiger partial charge < -0.3 is 4.42 Å². The second-order valence-corrected chi connectivity index (χ2v) is 4.42. The van der Waals surface area contributed by atoms with Crippen LogP contribution >= 0.6 is 27.5 Å². The van der Waals surface area contributed by atoms with E-state index in [1.165, 1.54) is 0 Å².